The van der Waals surface area contributed by atoms with Crippen LogP contribution in [-0.4, -0.2) is 12.6 Å². The molecule has 1 rings (SSSR count). The molecule has 0 saturated carbocycles. The number of ether oxygens (including phenoxy) is 1. The topological polar surface area (TPSA) is 73.6 Å². The highest BCUT2D eigenvalue weighted by Crippen LogP contribution is 2.16. The lowest BCUT2D eigenvalue weighted by molar-refractivity contribution is -0.0498. The number of nitrogens with two attached hydrogens (primary N) is 2. The zero-order valence-electron chi connectivity index (χ0n) is 8.27. The van der Waals surface area contributed by atoms with Gasteiger partial charge in [0.05, 0.1) is 6.54 Å². The molecule has 0 aromatic heterocycles. The summed E-state index contributed by atoms with van der Waals surface area (Å²) in [6.07, 6.45) is 0. The molecule has 0 spiro atoms. The highest BCUT2D eigenvalue weighted by Gasteiger charge is 2.04. The van der Waals surface area contributed by atoms with Gasteiger partial charge in [-0.1, -0.05) is 12.1 Å². The molecule has 0 bridgehead atoms. The first-order chi connectivity index (χ1) is 7.08. The normalized spacial score (nSPS) is 9.44. The Bertz CT molecular complexity index is 356. The van der Waals surface area contributed by atoms with Crippen LogP contribution in [0.4, 0.5) is 8.78 Å². The summed E-state index contributed by atoms with van der Waals surface area (Å²) in [5.41, 5.74) is 11.0. The Morgan fingerprint density at radius 3 is 2.62 bits per heavy atom. The predicted molar refractivity (Wildman–Crippen MR) is 68.0 cm³/mol. The summed E-state index contributed by atoms with van der Waals surface area (Å²) in [5.74, 6) is 0.0449. The van der Waals surface area contributed by atoms with Crippen LogP contribution in [0.2, 0.25) is 0 Å². The van der Waals surface area contributed by atoms with Gasteiger partial charge < -0.3 is 16.2 Å². The van der Waals surface area contributed by atoms with Crippen LogP contribution < -0.4 is 16.2 Å². The molecule has 16 heavy (non-hydrogen) atoms. The largest absolute Gasteiger partial charge is 0.435 e. The number of rotatable bonds is 4. The number of hydrogen-bond donors (Lipinski definition) is 2. The summed E-state index contributed by atoms with van der Waals surface area (Å²) in [6.45, 7) is -2.59. The van der Waals surface area contributed by atoms with Gasteiger partial charge in [-0.05, 0) is 17.7 Å². The first-order valence-electron chi connectivity index (χ1n) is 4.17. The van der Waals surface area contributed by atoms with E-state index in [0.29, 0.717) is 5.56 Å². The minimum atomic E-state index is -2.83. The molecule has 0 aliphatic rings. The van der Waals surface area contributed by atoms with Crippen molar-refractivity contribution in [3.63, 3.8) is 0 Å². The second-order valence-corrected chi connectivity index (χ2v) is 2.77. The number of halogens is 3. The molecule has 1 aromatic rings. The number of guanidine groups is 1. The van der Waals surface area contributed by atoms with Gasteiger partial charge in [-0.2, -0.15) is 8.78 Å². The number of benzene rings is 1. The van der Waals surface area contributed by atoms with Gasteiger partial charge in [0.1, 0.15) is 5.75 Å². The van der Waals surface area contributed by atoms with E-state index in [9.17, 15) is 8.78 Å². The van der Waals surface area contributed by atoms with Gasteiger partial charge in [0.25, 0.3) is 0 Å². The average Bonchev–Trinajstić information content (AvgIpc) is 2.14. The van der Waals surface area contributed by atoms with E-state index in [1.54, 1.807) is 12.1 Å². The van der Waals surface area contributed by atoms with Crippen molar-refractivity contribution in [1.82, 2.24) is 0 Å². The molecule has 4 N–H and O–H groups in total. The summed E-state index contributed by atoms with van der Waals surface area (Å²) >= 11 is 0. The average molecular weight is 343 g/mol. The third-order valence-corrected chi connectivity index (χ3v) is 1.57. The predicted octanol–water partition coefficient (Wildman–Crippen LogP) is 1.68. The highest BCUT2D eigenvalue weighted by atomic mass is 127. The van der Waals surface area contributed by atoms with E-state index in [1.165, 1.54) is 12.1 Å². The molecule has 0 atom stereocenters. The zero-order chi connectivity index (χ0) is 11.3. The van der Waals surface area contributed by atoms with Gasteiger partial charge in [-0.3, -0.25) is 0 Å². The number of aliphatic imine (C=N–C) groups is 1. The molecule has 0 saturated heterocycles. The Kier molecular flexibility index (Phi) is 6.70. The van der Waals surface area contributed by atoms with Crippen LogP contribution in [0.25, 0.3) is 0 Å². The number of hydrogen-bond acceptors (Lipinski definition) is 2. The minimum Gasteiger partial charge on any atom is -0.435 e. The first kappa shape index (κ1) is 14.9. The van der Waals surface area contributed by atoms with E-state index in [-0.39, 0.29) is 42.2 Å². The fourth-order valence-electron chi connectivity index (χ4n) is 1.00. The maximum Gasteiger partial charge on any atom is 0.387 e. The van der Waals surface area contributed by atoms with Crippen LogP contribution in [-0.2, 0) is 6.54 Å². The molecule has 0 aliphatic carbocycles. The standard InChI is InChI=1S/C9H11F2N3O.HI/c10-8(11)15-7-3-1-2-6(4-7)5-14-9(12)13;/h1-4,8H,5H2,(H4,12,13,14);1H. The van der Waals surface area contributed by atoms with Crippen LogP contribution in [0.5, 0.6) is 5.75 Å². The minimum absolute atomic E-state index is 0. The molecule has 0 fully saturated rings. The van der Waals surface area contributed by atoms with Crippen LogP contribution in [0.15, 0.2) is 29.3 Å². The Balaban J connectivity index is 0.00000225. The lowest BCUT2D eigenvalue weighted by Gasteiger charge is -2.05. The Morgan fingerprint density at radius 2 is 2.06 bits per heavy atom. The fraction of sp³-hybridized carbons (Fsp3) is 0.222. The van der Waals surface area contributed by atoms with Crippen molar-refractivity contribution in [3.8, 4) is 5.75 Å². The van der Waals surface area contributed by atoms with Crippen molar-refractivity contribution in [2.75, 3.05) is 0 Å². The summed E-state index contributed by atoms with van der Waals surface area (Å²) in [6, 6.07) is 6.20. The Morgan fingerprint density at radius 1 is 1.38 bits per heavy atom. The van der Waals surface area contributed by atoms with Crippen molar-refractivity contribution >= 4 is 29.9 Å². The third kappa shape index (κ3) is 5.69. The van der Waals surface area contributed by atoms with Gasteiger partial charge in [0.15, 0.2) is 5.96 Å². The smallest absolute Gasteiger partial charge is 0.387 e. The van der Waals surface area contributed by atoms with E-state index < -0.39 is 6.61 Å². The molecule has 0 heterocycles. The number of alkyl halides is 2. The third-order valence-electron chi connectivity index (χ3n) is 1.57. The quantitative estimate of drug-likeness (QED) is 0.496. The van der Waals surface area contributed by atoms with Crippen LogP contribution in [0.1, 0.15) is 5.56 Å². The first-order valence-corrected chi connectivity index (χ1v) is 4.17. The molecule has 0 unspecified atom stereocenters. The summed E-state index contributed by atoms with van der Waals surface area (Å²) in [5, 5.41) is 0. The van der Waals surface area contributed by atoms with Crippen molar-refractivity contribution in [2.24, 2.45) is 16.5 Å². The van der Waals surface area contributed by atoms with E-state index >= 15 is 0 Å². The van der Waals surface area contributed by atoms with Gasteiger partial charge in [-0.25, -0.2) is 4.99 Å². The van der Waals surface area contributed by atoms with Crippen molar-refractivity contribution < 1.29 is 13.5 Å². The van der Waals surface area contributed by atoms with E-state index in [2.05, 4.69) is 9.73 Å². The Hall–Kier alpha value is -1.12. The van der Waals surface area contributed by atoms with Crippen LogP contribution in [0.3, 0.4) is 0 Å². The second kappa shape index (κ2) is 7.20. The second-order valence-electron chi connectivity index (χ2n) is 2.77. The lowest BCUT2D eigenvalue weighted by Crippen LogP contribution is -2.22. The molecule has 4 nitrogen and oxygen atoms in total. The maximum absolute atomic E-state index is 11.9. The maximum atomic E-state index is 11.9. The van der Waals surface area contributed by atoms with E-state index in [4.69, 9.17) is 11.5 Å². The van der Waals surface area contributed by atoms with Crippen molar-refractivity contribution in [3.05, 3.63) is 29.8 Å². The Labute approximate surface area is 109 Å². The summed E-state index contributed by atoms with van der Waals surface area (Å²) in [4.78, 5) is 3.74. The van der Waals surface area contributed by atoms with Gasteiger partial charge in [-0.15, -0.1) is 24.0 Å². The van der Waals surface area contributed by atoms with Crippen molar-refractivity contribution in [2.45, 2.75) is 13.2 Å². The molecule has 90 valence electrons. The van der Waals surface area contributed by atoms with E-state index in [0.717, 1.165) is 0 Å². The van der Waals surface area contributed by atoms with Gasteiger partial charge in [0, 0.05) is 0 Å². The molecule has 1 aromatic carbocycles. The monoisotopic (exact) mass is 343 g/mol. The van der Waals surface area contributed by atoms with Gasteiger partial charge >= 0.3 is 6.61 Å². The fourth-order valence-corrected chi connectivity index (χ4v) is 1.00. The van der Waals surface area contributed by atoms with Crippen molar-refractivity contribution in [1.29, 1.82) is 0 Å². The van der Waals surface area contributed by atoms with Crippen LogP contribution in [0, 0.1) is 0 Å². The molecule has 0 aliphatic heterocycles. The molecule has 0 radical (unpaired) electrons. The van der Waals surface area contributed by atoms with Crippen LogP contribution >= 0.6 is 24.0 Å². The number of nitrogens with zero attached hydrogens (tertiary/aromatic N) is 1. The van der Waals surface area contributed by atoms with Gasteiger partial charge in [0.2, 0.25) is 0 Å². The highest BCUT2D eigenvalue weighted by molar-refractivity contribution is 14.0. The molecular formula is C9H12F2IN3O. The lowest BCUT2D eigenvalue weighted by atomic mass is 10.2. The van der Waals surface area contributed by atoms with E-state index in [1.807, 2.05) is 0 Å². The SMILES string of the molecule is I.NC(N)=NCc1cccc(OC(F)F)c1. The molecule has 7 heteroatoms. The summed E-state index contributed by atoms with van der Waals surface area (Å²) < 4.78 is 28.0. The zero-order valence-corrected chi connectivity index (χ0v) is 10.6. The molecular weight excluding hydrogens is 331 g/mol. The summed E-state index contributed by atoms with van der Waals surface area (Å²) in [7, 11) is 0. The molecule has 0 amide bonds.